The van der Waals surface area contributed by atoms with Crippen LogP contribution >= 0.6 is 0 Å². The number of hydrogen-bond donors (Lipinski definition) is 1. The molecule has 3 rings (SSSR count). The largest absolute Gasteiger partial charge is 0.487 e. The Labute approximate surface area is 150 Å². The van der Waals surface area contributed by atoms with E-state index in [9.17, 15) is 4.79 Å². The molecule has 3 nitrogen and oxygen atoms in total. The summed E-state index contributed by atoms with van der Waals surface area (Å²) in [6, 6.07) is 14.0. The lowest BCUT2D eigenvalue weighted by Gasteiger charge is -2.41. The number of rotatable bonds is 4. The minimum atomic E-state index is -0.214. The van der Waals surface area contributed by atoms with Gasteiger partial charge in [-0.2, -0.15) is 0 Å². The lowest BCUT2D eigenvalue weighted by atomic mass is 9.83. The lowest BCUT2D eigenvalue weighted by Crippen LogP contribution is -2.44. The maximum atomic E-state index is 12.9. The molecule has 0 aliphatic carbocycles. The second kappa shape index (κ2) is 6.91. The normalized spacial score (nSPS) is 18.2. The summed E-state index contributed by atoms with van der Waals surface area (Å²) in [6.45, 7) is 8.30. The van der Waals surface area contributed by atoms with Crippen molar-refractivity contribution >= 4 is 5.91 Å². The number of hydrogen-bond acceptors (Lipinski definition) is 2. The number of fused-ring (bicyclic) bond motifs is 1. The van der Waals surface area contributed by atoms with Gasteiger partial charge in [0, 0.05) is 17.5 Å². The third kappa shape index (κ3) is 3.41. The van der Waals surface area contributed by atoms with Gasteiger partial charge >= 0.3 is 0 Å². The van der Waals surface area contributed by atoms with E-state index in [4.69, 9.17) is 4.74 Å². The Morgan fingerprint density at radius 1 is 1.16 bits per heavy atom. The summed E-state index contributed by atoms with van der Waals surface area (Å²) < 4.78 is 6.33. The summed E-state index contributed by atoms with van der Waals surface area (Å²) in [6.07, 6.45) is 2.65. The maximum Gasteiger partial charge on any atom is 0.252 e. The zero-order valence-electron chi connectivity index (χ0n) is 15.6. The fourth-order valence-corrected chi connectivity index (χ4v) is 3.65. The van der Waals surface area contributed by atoms with Gasteiger partial charge in [-0.25, -0.2) is 0 Å². The van der Waals surface area contributed by atoms with Crippen LogP contribution in [-0.2, 0) is 0 Å². The Balaban J connectivity index is 1.93. The van der Waals surface area contributed by atoms with E-state index < -0.39 is 0 Å². The summed E-state index contributed by atoms with van der Waals surface area (Å²) >= 11 is 0. The highest BCUT2D eigenvalue weighted by Crippen LogP contribution is 2.42. The van der Waals surface area contributed by atoms with Gasteiger partial charge < -0.3 is 10.1 Å². The number of amides is 1. The molecule has 1 heterocycles. The Bertz CT molecular complexity index is 777. The van der Waals surface area contributed by atoms with Crippen LogP contribution in [0.3, 0.4) is 0 Å². The topological polar surface area (TPSA) is 38.3 Å². The molecule has 1 amide bonds. The van der Waals surface area contributed by atoms with E-state index in [1.165, 1.54) is 0 Å². The van der Waals surface area contributed by atoms with Gasteiger partial charge in [0.05, 0.1) is 6.04 Å². The molecule has 1 N–H and O–H groups in total. The minimum Gasteiger partial charge on any atom is -0.487 e. The molecular formula is C22H27NO2. The number of carbonyl (C=O) groups is 1. The first-order chi connectivity index (χ1) is 12.0. The van der Waals surface area contributed by atoms with E-state index in [0.717, 1.165) is 47.3 Å². The molecule has 1 atom stereocenters. The van der Waals surface area contributed by atoms with E-state index in [-0.39, 0.29) is 17.6 Å². The molecular weight excluding hydrogens is 310 g/mol. The zero-order chi connectivity index (χ0) is 18.0. The van der Waals surface area contributed by atoms with Crippen molar-refractivity contribution in [2.24, 2.45) is 0 Å². The van der Waals surface area contributed by atoms with Crippen molar-refractivity contribution in [3.05, 3.63) is 64.7 Å². The third-order valence-corrected chi connectivity index (χ3v) is 5.43. The molecule has 25 heavy (non-hydrogen) atoms. The number of para-hydroxylation sites is 1. The first-order valence-electron chi connectivity index (χ1n) is 9.14. The predicted molar refractivity (Wildman–Crippen MR) is 101 cm³/mol. The van der Waals surface area contributed by atoms with Gasteiger partial charge in [-0.15, -0.1) is 0 Å². The third-order valence-electron chi connectivity index (χ3n) is 5.43. The molecule has 0 spiro atoms. The molecule has 0 radical (unpaired) electrons. The van der Waals surface area contributed by atoms with Crippen LogP contribution in [0.1, 0.15) is 66.2 Å². The number of ether oxygens (including phenoxy) is 1. The van der Waals surface area contributed by atoms with Crippen molar-refractivity contribution in [2.75, 3.05) is 0 Å². The fraction of sp³-hybridized carbons (Fsp3) is 0.409. The highest BCUT2D eigenvalue weighted by Gasteiger charge is 2.39. The van der Waals surface area contributed by atoms with Crippen molar-refractivity contribution < 1.29 is 9.53 Å². The summed E-state index contributed by atoms with van der Waals surface area (Å²) in [5.74, 6) is 0.882. The van der Waals surface area contributed by atoms with Gasteiger partial charge in [-0.1, -0.05) is 49.7 Å². The van der Waals surface area contributed by atoms with E-state index >= 15 is 0 Å². The van der Waals surface area contributed by atoms with E-state index in [1.807, 2.05) is 50.2 Å². The monoisotopic (exact) mass is 337 g/mol. The zero-order valence-corrected chi connectivity index (χ0v) is 15.6. The Morgan fingerprint density at radius 3 is 2.60 bits per heavy atom. The summed E-state index contributed by atoms with van der Waals surface area (Å²) in [5, 5.41) is 3.26. The van der Waals surface area contributed by atoms with Crippen molar-refractivity contribution in [1.82, 2.24) is 5.32 Å². The van der Waals surface area contributed by atoms with Gasteiger partial charge in [0.25, 0.3) is 5.91 Å². The van der Waals surface area contributed by atoms with E-state index in [0.29, 0.717) is 0 Å². The molecule has 0 saturated heterocycles. The Kier molecular flexibility index (Phi) is 4.85. The standard InChI is InChI=1S/C22H27NO2/c1-5-22(6-2)14-19(17-9-7-8-10-20(17)25-22)23-21(24)18-13-15(3)11-12-16(18)4/h7-13,19H,5-6,14H2,1-4H3,(H,23,24). The second-order valence-electron chi connectivity index (χ2n) is 7.08. The quantitative estimate of drug-likeness (QED) is 0.841. The molecule has 2 aromatic carbocycles. The maximum absolute atomic E-state index is 12.9. The molecule has 0 aromatic heterocycles. The van der Waals surface area contributed by atoms with Crippen LogP contribution in [0.2, 0.25) is 0 Å². The van der Waals surface area contributed by atoms with Crippen molar-refractivity contribution in [2.45, 2.75) is 58.6 Å². The number of nitrogens with one attached hydrogen (secondary N) is 1. The summed E-state index contributed by atoms with van der Waals surface area (Å²) in [4.78, 5) is 12.9. The van der Waals surface area contributed by atoms with Crippen molar-refractivity contribution in [3.63, 3.8) is 0 Å². The summed E-state index contributed by atoms with van der Waals surface area (Å²) in [7, 11) is 0. The van der Waals surface area contributed by atoms with Crippen LogP contribution in [0.25, 0.3) is 0 Å². The molecule has 132 valence electrons. The SMILES string of the molecule is CCC1(CC)CC(NC(=O)c2cc(C)ccc2C)c2ccccc2O1. The number of benzene rings is 2. The molecule has 1 unspecified atom stereocenters. The Hall–Kier alpha value is -2.29. The highest BCUT2D eigenvalue weighted by molar-refractivity contribution is 5.96. The summed E-state index contributed by atoms with van der Waals surface area (Å²) in [5.41, 5.74) is 3.70. The van der Waals surface area contributed by atoms with Crippen LogP contribution in [-0.4, -0.2) is 11.5 Å². The number of aryl methyl sites for hydroxylation is 2. The molecule has 1 aliphatic heterocycles. The Morgan fingerprint density at radius 2 is 1.88 bits per heavy atom. The molecule has 0 fully saturated rings. The molecule has 3 heteroatoms. The van der Waals surface area contributed by atoms with Crippen LogP contribution in [0, 0.1) is 13.8 Å². The minimum absolute atomic E-state index is 0.0102. The van der Waals surface area contributed by atoms with E-state index in [1.54, 1.807) is 0 Å². The van der Waals surface area contributed by atoms with Gasteiger partial charge in [-0.3, -0.25) is 4.79 Å². The highest BCUT2D eigenvalue weighted by atomic mass is 16.5. The molecule has 0 bridgehead atoms. The van der Waals surface area contributed by atoms with Crippen LogP contribution in [0.4, 0.5) is 0 Å². The number of carbonyl (C=O) groups excluding carboxylic acids is 1. The van der Waals surface area contributed by atoms with Gasteiger partial charge in [-0.05, 0) is 44.4 Å². The molecule has 2 aromatic rings. The predicted octanol–water partition coefficient (Wildman–Crippen LogP) is 5.12. The molecule has 0 saturated carbocycles. The van der Waals surface area contributed by atoms with Gasteiger partial charge in [0.15, 0.2) is 0 Å². The average Bonchev–Trinajstić information content (AvgIpc) is 2.63. The van der Waals surface area contributed by atoms with E-state index in [2.05, 4.69) is 25.2 Å². The van der Waals surface area contributed by atoms with Crippen LogP contribution < -0.4 is 10.1 Å². The van der Waals surface area contributed by atoms with Crippen molar-refractivity contribution in [1.29, 1.82) is 0 Å². The van der Waals surface area contributed by atoms with Gasteiger partial charge in [0.2, 0.25) is 0 Å². The second-order valence-corrected chi connectivity index (χ2v) is 7.08. The first kappa shape index (κ1) is 17.5. The van der Waals surface area contributed by atoms with Crippen LogP contribution in [0.15, 0.2) is 42.5 Å². The lowest BCUT2D eigenvalue weighted by molar-refractivity contribution is 0.0227. The first-order valence-corrected chi connectivity index (χ1v) is 9.14. The smallest absolute Gasteiger partial charge is 0.252 e. The average molecular weight is 337 g/mol. The van der Waals surface area contributed by atoms with Gasteiger partial charge in [0.1, 0.15) is 11.4 Å². The fourth-order valence-electron chi connectivity index (χ4n) is 3.65. The van der Waals surface area contributed by atoms with Crippen molar-refractivity contribution in [3.8, 4) is 5.75 Å². The van der Waals surface area contributed by atoms with Crippen LogP contribution in [0.5, 0.6) is 5.75 Å². The molecule has 1 aliphatic rings.